The van der Waals surface area contributed by atoms with Crippen LogP contribution in [0.15, 0.2) is 47.3 Å². The molecule has 9 heteroatoms. The second-order valence-corrected chi connectivity index (χ2v) is 6.68. The van der Waals surface area contributed by atoms with Gasteiger partial charge in [-0.05, 0) is 38.1 Å². The van der Waals surface area contributed by atoms with Crippen LogP contribution in [0.5, 0.6) is 0 Å². The van der Waals surface area contributed by atoms with Crippen LogP contribution >= 0.6 is 0 Å². The van der Waals surface area contributed by atoms with E-state index in [1.165, 1.54) is 13.1 Å². The highest BCUT2D eigenvalue weighted by Gasteiger charge is 2.31. The molecule has 0 aliphatic rings. The molecule has 0 aliphatic carbocycles. The van der Waals surface area contributed by atoms with E-state index in [0.717, 1.165) is 16.8 Å². The van der Waals surface area contributed by atoms with Gasteiger partial charge in [-0.15, -0.1) is 0 Å². The first-order valence-electron chi connectivity index (χ1n) is 9.41. The summed E-state index contributed by atoms with van der Waals surface area (Å²) in [7, 11) is 1.41. The van der Waals surface area contributed by atoms with E-state index >= 15 is 0 Å². The number of carbonyl (C=O) groups excluding carboxylic acids is 1. The Hall–Kier alpha value is -3.36. The first kappa shape index (κ1) is 21.4. The normalized spacial score (nSPS) is 11.5. The highest BCUT2D eigenvalue weighted by Crippen LogP contribution is 2.35. The van der Waals surface area contributed by atoms with E-state index in [1.54, 1.807) is 24.3 Å². The van der Waals surface area contributed by atoms with E-state index in [-0.39, 0.29) is 16.9 Å². The molecular weight excluding hydrogens is 397 g/mol. The van der Waals surface area contributed by atoms with Crippen molar-refractivity contribution >= 4 is 28.1 Å². The molecule has 0 bridgehead atoms. The van der Waals surface area contributed by atoms with Gasteiger partial charge < -0.3 is 10.2 Å². The van der Waals surface area contributed by atoms with Crippen LogP contribution < -0.4 is 15.8 Å². The van der Waals surface area contributed by atoms with Crippen LogP contribution in [0.4, 0.5) is 24.5 Å². The number of hydrogen-bond acceptors (Lipinski definition) is 4. The van der Waals surface area contributed by atoms with Crippen molar-refractivity contribution in [3.8, 4) is 0 Å². The highest BCUT2D eigenvalue weighted by atomic mass is 19.4. The third kappa shape index (κ3) is 4.00. The Balaban J connectivity index is 2.12. The number of hydrogen-bond donors (Lipinski definition) is 1. The minimum absolute atomic E-state index is 0.0262. The molecule has 1 aromatic heterocycles. The topological polar surface area (TPSA) is 67.2 Å². The summed E-state index contributed by atoms with van der Waals surface area (Å²) in [5, 5.41) is 7.24. The third-order valence-corrected chi connectivity index (χ3v) is 4.85. The molecule has 1 heterocycles. The second kappa shape index (κ2) is 8.17. The molecule has 0 aliphatic heterocycles. The van der Waals surface area contributed by atoms with E-state index in [4.69, 9.17) is 0 Å². The maximum atomic E-state index is 13.3. The zero-order valence-corrected chi connectivity index (χ0v) is 16.7. The van der Waals surface area contributed by atoms with Crippen molar-refractivity contribution in [2.24, 2.45) is 7.05 Å². The fraction of sp³-hybridized carbons (Fsp3) is 0.286. The zero-order valence-electron chi connectivity index (χ0n) is 16.7. The average Bonchev–Trinajstić information content (AvgIpc) is 2.71. The van der Waals surface area contributed by atoms with Crippen molar-refractivity contribution in [3.05, 3.63) is 64.1 Å². The molecule has 0 radical (unpaired) electrons. The number of benzene rings is 2. The van der Waals surface area contributed by atoms with Gasteiger partial charge in [0.15, 0.2) is 5.69 Å². The number of aromatic nitrogens is 2. The van der Waals surface area contributed by atoms with Crippen molar-refractivity contribution < 1.29 is 18.0 Å². The molecule has 3 aromatic rings. The first-order chi connectivity index (χ1) is 14.2. The molecule has 1 N–H and O–H groups in total. The predicted molar refractivity (Wildman–Crippen MR) is 110 cm³/mol. The van der Waals surface area contributed by atoms with Gasteiger partial charge in [0.1, 0.15) is 0 Å². The van der Waals surface area contributed by atoms with Crippen molar-refractivity contribution in [1.82, 2.24) is 9.78 Å². The fourth-order valence-corrected chi connectivity index (χ4v) is 3.30. The summed E-state index contributed by atoms with van der Waals surface area (Å²) in [5.41, 5.74) is -0.790. The van der Waals surface area contributed by atoms with Gasteiger partial charge in [0.25, 0.3) is 11.5 Å². The van der Waals surface area contributed by atoms with Gasteiger partial charge in [0.2, 0.25) is 0 Å². The molecule has 3 rings (SSSR count). The van der Waals surface area contributed by atoms with Crippen molar-refractivity contribution in [1.29, 1.82) is 0 Å². The van der Waals surface area contributed by atoms with Gasteiger partial charge in [0.05, 0.1) is 22.3 Å². The molecule has 0 unspecified atom stereocenters. The molecule has 6 nitrogen and oxygen atoms in total. The molecule has 30 heavy (non-hydrogen) atoms. The second-order valence-electron chi connectivity index (χ2n) is 6.68. The Labute approximate surface area is 170 Å². The molecule has 0 saturated heterocycles. The highest BCUT2D eigenvalue weighted by molar-refractivity contribution is 6.12. The molecule has 0 spiro atoms. The Bertz CT molecular complexity index is 1150. The van der Waals surface area contributed by atoms with Crippen LogP contribution in [0.25, 0.3) is 10.8 Å². The number of nitrogens with zero attached hydrogens (tertiary/aromatic N) is 3. The van der Waals surface area contributed by atoms with Crippen LogP contribution in [0.1, 0.15) is 29.9 Å². The van der Waals surface area contributed by atoms with Crippen LogP contribution in [0, 0.1) is 0 Å². The Morgan fingerprint density at radius 2 is 1.73 bits per heavy atom. The Morgan fingerprint density at radius 1 is 1.10 bits per heavy atom. The lowest BCUT2D eigenvalue weighted by Gasteiger charge is -2.25. The van der Waals surface area contributed by atoms with Crippen molar-refractivity contribution in [2.45, 2.75) is 20.0 Å². The van der Waals surface area contributed by atoms with E-state index < -0.39 is 17.6 Å². The molecule has 158 valence electrons. The summed E-state index contributed by atoms with van der Waals surface area (Å²) in [6, 6.07) is 9.72. The van der Waals surface area contributed by atoms with Gasteiger partial charge in [-0.2, -0.15) is 18.3 Å². The molecule has 0 atom stereocenters. The van der Waals surface area contributed by atoms with Gasteiger partial charge in [-0.25, -0.2) is 4.68 Å². The number of rotatable bonds is 5. The number of halogens is 3. The van der Waals surface area contributed by atoms with Crippen LogP contribution in [-0.4, -0.2) is 28.8 Å². The lowest BCUT2D eigenvalue weighted by molar-refractivity contribution is -0.137. The lowest BCUT2D eigenvalue weighted by atomic mass is 10.1. The summed E-state index contributed by atoms with van der Waals surface area (Å²) in [6.45, 7) is 4.83. The molecular formula is C21H21F3N4O2. The molecule has 0 saturated carbocycles. The zero-order chi connectivity index (χ0) is 22.1. The van der Waals surface area contributed by atoms with Crippen LogP contribution in [0.2, 0.25) is 0 Å². The maximum absolute atomic E-state index is 13.3. The summed E-state index contributed by atoms with van der Waals surface area (Å²) >= 11 is 0. The number of fused-ring (bicyclic) bond motifs is 1. The number of carbonyl (C=O) groups is 1. The summed E-state index contributed by atoms with van der Waals surface area (Å²) in [4.78, 5) is 27.1. The average molecular weight is 418 g/mol. The smallest absolute Gasteiger partial charge is 0.370 e. The van der Waals surface area contributed by atoms with Gasteiger partial charge in [-0.1, -0.05) is 18.2 Å². The van der Waals surface area contributed by atoms with Crippen LogP contribution in [-0.2, 0) is 13.2 Å². The van der Waals surface area contributed by atoms with Gasteiger partial charge >= 0.3 is 6.18 Å². The fourth-order valence-electron chi connectivity index (χ4n) is 3.30. The van der Waals surface area contributed by atoms with Crippen molar-refractivity contribution in [3.63, 3.8) is 0 Å². The van der Waals surface area contributed by atoms with E-state index in [0.29, 0.717) is 29.5 Å². The van der Waals surface area contributed by atoms with Gasteiger partial charge in [0, 0.05) is 25.5 Å². The van der Waals surface area contributed by atoms with E-state index in [1.807, 2.05) is 18.7 Å². The molecule has 1 amide bonds. The maximum Gasteiger partial charge on any atom is 0.416 e. The number of alkyl halides is 3. The SMILES string of the molecule is CCN(CC)c1ccc(C(F)(F)F)cc1NC(=O)c1nn(C)c(=O)c2ccccc12. The monoisotopic (exact) mass is 418 g/mol. The number of nitrogens with one attached hydrogen (secondary N) is 1. The van der Waals surface area contributed by atoms with E-state index in [2.05, 4.69) is 10.4 Å². The molecule has 0 fully saturated rings. The largest absolute Gasteiger partial charge is 0.416 e. The minimum atomic E-state index is -4.55. The quantitative estimate of drug-likeness (QED) is 0.679. The number of anilines is 2. The van der Waals surface area contributed by atoms with Gasteiger partial charge in [-0.3, -0.25) is 9.59 Å². The number of amides is 1. The predicted octanol–water partition coefficient (Wildman–Crippen LogP) is 4.05. The van der Waals surface area contributed by atoms with Crippen molar-refractivity contribution in [2.75, 3.05) is 23.3 Å². The van der Waals surface area contributed by atoms with Crippen LogP contribution in [0.3, 0.4) is 0 Å². The number of aryl methyl sites for hydroxylation is 1. The standard InChI is InChI=1S/C21H21F3N4O2/c1-4-28(5-2)17-11-10-13(21(22,23)24)12-16(17)25-19(29)18-14-8-6-7-9-15(14)20(30)27(3)26-18/h6-12H,4-5H2,1-3H3,(H,25,29). The Morgan fingerprint density at radius 3 is 2.33 bits per heavy atom. The summed E-state index contributed by atoms with van der Waals surface area (Å²) in [5.74, 6) is -0.700. The van der Waals surface area contributed by atoms with E-state index in [9.17, 15) is 22.8 Å². The summed E-state index contributed by atoms with van der Waals surface area (Å²) in [6.07, 6.45) is -4.55. The third-order valence-electron chi connectivity index (χ3n) is 4.85. The minimum Gasteiger partial charge on any atom is -0.370 e. The Kier molecular flexibility index (Phi) is 5.82. The first-order valence-corrected chi connectivity index (χ1v) is 9.41. The molecule has 2 aromatic carbocycles. The lowest BCUT2D eigenvalue weighted by Crippen LogP contribution is -2.27. The summed E-state index contributed by atoms with van der Waals surface area (Å²) < 4.78 is 40.8.